The fraction of sp³-hybridized carbons (Fsp3) is 0.473. The quantitative estimate of drug-likeness (QED) is 0.0251. The first-order valence-corrected chi connectivity index (χ1v) is 34.6. The van der Waals surface area contributed by atoms with E-state index in [9.17, 15) is 67.7 Å². The fourth-order valence-corrected chi connectivity index (χ4v) is 12.4. The summed E-state index contributed by atoms with van der Waals surface area (Å²) in [6.07, 6.45) is 2.70. The van der Waals surface area contributed by atoms with Crippen LogP contribution in [0.4, 0.5) is 0 Å². The van der Waals surface area contributed by atoms with Crippen LogP contribution in [0.1, 0.15) is 122 Å². The van der Waals surface area contributed by atoms with Gasteiger partial charge in [0.05, 0.1) is 25.1 Å². The van der Waals surface area contributed by atoms with E-state index in [1.54, 1.807) is 36.4 Å². The summed E-state index contributed by atoms with van der Waals surface area (Å²) in [5.41, 5.74) is 13.3. The van der Waals surface area contributed by atoms with Crippen LogP contribution in [-0.2, 0) is 83.2 Å². The molecular formula is C74H97ClN12O14. The van der Waals surface area contributed by atoms with Crippen LogP contribution < -0.4 is 48.7 Å². The number of nitrogens with zero attached hydrogens (tertiary/aromatic N) is 3. The molecule has 10 amide bonds. The van der Waals surface area contributed by atoms with Crippen LogP contribution in [0.25, 0.3) is 10.8 Å². The number of aromatic hydroxyl groups is 1. The van der Waals surface area contributed by atoms with E-state index in [0.29, 0.717) is 47.5 Å². The Hall–Kier alpha value is -9.66. The average molecular weight is 1410 g/mol. The van der Waals surface area contributed by atoms with Crippen molar-refractivity contribution in [1.29, 1.82) is 0 Å². The van der Waals surface area contributed by atoms with Crippen molar-refractivity contribution in [3.8, 4) is 5.75 Å². The van der Waals surface area contributed by atoms with E-state index in [2.05, 4.69) is 42.2 Å². The van der Waals surface area contributed by atoms with Gasteiger partial charge in [0, 0.05) is 81.5 Å². The number of phenolic OH excluding ortho intramolecular Hbond substituents is 1. The van der Waals surface area contributed by atoms with Crippen LogP contribution in [0.15, 0.2) is 116 Å². The number of fused-ring (bicyclic) bond motifs is 1. The second-order valence-electron chi connectivity index (χ2n) is 26.8. The first-order chi connectivity index (χ1) is 48.0. The van der Waals surface area contributed by atoms with Crippen molar-refractivity contribution in [3.05, 3.63) is 143 Å². The number of carbonyl (C=O) groups is 12. The van der Waals surface area contributed by atoms with E-state index >= 15 is 0 Å². The molecule has 1 aliphatic heterocycles. The Morgan fingerprint density at radius 2 is 1.23 bits per heavy atom. The van der Waals surface area contributed by atoms with Gasteiger partial charge in [-0.2, -0.15) is 0 Å². The standard InChI is InChI=1S/C74H97ClN12O14/c1-43(2)32-53(68(95)82-57(17-10-11-30-79-44(3)4)74(101)87-31-13-18-62(87)71(98)80-45(5)67(77)94)38-65(92)59(40-66(76)93)84-72(99)63(37-48-22-27-56(90)28-23-48)86(7)73(100)61(42-88)85-69(96)54(34-50-14-12-29-78-41-50)39-64(91)58(35-47-20-25-55(75)26-21-47)83-70(97)60(81-46(6)89)36-49-19-24-51-15-8-9-16-52(51)33-49/h8-9,12,14-16,19-29,33,41,43-45,53-54,57-63,79,88,90H,10-11,13,17-18,30-32,34-40,42H2,1-7H3,(H2,76,93)(H2,77,94)(H,80,98)(H,81,89)(H,82,95)(H,83,97)(H,84,99)(H,85,96)/t45-,53-,54+,57+,58-,59-,60-,61+,62+,63+/m1/s1. The van der Waals surface area contributed by atoms with Gasteiger partial charge in [-0.15, -0.1) is 0 Å². The maximum absolute atomic E-state index is 15.0. The van der Waals surface area contributed by atoms with Gasteiger partial charge in [0.25, 0.3) is 0 Å². The van der Waals surface area contributed by atoms with Gasteiger partial charge in [-0.25, -0.2) is 0 Å². The molecule has 0 aliphatic carbocycles. The molecule has 1 aromatic heterocycles. The van der Waals surface area contributed by atoms with E-state index in [1.165, 1.54) is 62.5 Å². The topological polar surface area (TPSA) is 401 Å². The third-order valence-corrected chi connectivity index (χ3v) is 18.0. The molecule has 2 heterocycles. The normalized spacial score (nSPS) is 15.5. The third kappa shape index (κ3) is 25.5. The van der Waals surface area contributed by atoms with Crippen molar-refractivity contribution >= 4 is 93.0 Å². The van der Waals surface area contributed by atoms with E-state index < -0.39 is 157 Å². The number of pyridine rings is 1. The molecule has 1 saturated heterocycles. The first kappa shape index (κ1) is 80.3. The second kappa shape index (κ2) is 39.4. The molecule has 101 heavy (non-hydrogen) atoms. The van der Waals surface area contributed by atoms with Gasteiger partial charge in [-0.1, -0.05) is 112 Å². The lowest BCUT2D eigenvalue weighted by Gasteiger charge is -2.32. The highest BCUT2D eigenvalue weighted by atomic mass is 35.5. The highest BCUT2D eigenvalue weighted by molar-refractivity contribution is 6.30. The Labute approximate surface area is 594 Å². The van der Waals surface area contributed by atoms with E-state index in [1.807, 2.05) is 70.2 Å². The van der Waals surface area contributed by atoms with E-state index in [-0.39, 0.29) is 69.2 Å². The number of benzene rings is 4. The number of halogens is 1. The number of aromatic nitrogens is 1. The summed E-state index contributed by atoms with van der Waals surface area (Å²) in [5, 5.41) is 43.0. The molecule has 0 saturated carbocycles. The van der Waals surface area contributed by atoms with E-state index in [4.69, 9.17) is 23.1 Å². The molecule has 0 radical (unpaired) electrons. The van der Waals surface area contributed by atoms with Crippen LogP contribution in [0.3, 0.4) is 0 Å². The summed E-state index contributed by atoms with van der Waals surface area (Å²) in [4.78, 5) is 175. The van der Waals surface area contributed by atoms with E-state index in [0.717, 1.165) is 21.2 Å². The highest BCUT2D eigenvalue weighted by Crippen LogP contribution is 2.25. The predicted octanol–water partition coefficient (Wildman–Crippen LogP) is 3.35. The number of nitrogens with one attached hydrogen (secondary N) is 7. The molecule has 544 valence electrons. The lowest BCUT2D eigenvalue weighted by Crippen LogP contribution is -2.58. The van der Waals surface area contributed by atoms with Gasteiger partial charge >= 0.3 is 0 Å². The van der Waals surface area contributed by atoms with Crippen molar-refractivity contribution in [2.45, 2.75) is 179 Å². The van der Waals surface area contributed by atoms with Crippen LogP contribution in [0.5, 0.6) is 5.75 Å². The Morgan fingerprint density at radius 3 is 1.86 bits per heavy atom. The van der Waals surface area contributed by atoms with Crippen LogP contribution in [0.2, 0.25) is 5.02 Å². The van der Waals surface area contributed by atoms with Gasteiger partial charge in [-0.3, -0.25) is 62.5 Å². The molecule has 27 heteroatoms. The Kier molecular flexibility index (Phi) is 31.3. The fourth-order valence-electron chi connectivity index (χ4n) is 12.3. The molecule has 1 fully saturated rings. The Balaban J connectivity index is 1.25. The number of carbonyl (C=O) groups excluding carboxylic acids is 12. The number of likely N-dealkylation sites (N-methyl/N-ethyl adjacent to an activating group) is 1. The number of phenols is 1. The molecule has 5 aromatic rings. The van der Waals surface area contributed by atoms with Crippen molar-refractivity contribution in [1.82, 2.24) is 52.0 Å². The monoisotopic (exact) mass is 1410 g/mol. The zero-order valence-electron chi connectivity index (χ0n) is 58.4. The van der Waals surface area contributed by atoms with Gasteiger partial charge < -0.3 is 68.7 Å². The molecule has 10 atom stereocenters. The zero-order valence-corrected chi connectivity index (χ0v) is 59.1. The summed E-state index contributed by atoms with van der Waals surface area (Å²) < 4.78 is 0. The molecule has 26 nitrogen and oxygen atoms in total. The summed E-state index contributed by atoms with van der Waals surface area (Å²) in [7, 11) is 1.21. The number of hydrogen-bond acceptors (Lipinski definition) is 16. The Bertz CT molecular complexity index is 3690. The number of ketones is 2. The van der Waals surface area contributed by atoms with Crippen LogP contribution in [0, 0.1) is 17.8 Å². The SMILES string of the molecule is CC(=O)N[C@H](Cc1ccc2ccccc2c1)C(=O)N[C@H](Cc1ccc(Cl)cc1)C(=O)C[C@H](Cc1cccnc1)C(=O)N[C@@H](CO)C(=O)N(C)[C@@H](Cc1ccc(O)cc1)C(=O)N[C@H](CC(N)=O)C(=O)C[C@@H](CC(C)C)C(=O)N[C@@H](CCCCNC(C)C)C(=O)N1CCC[C@H]1C(=O)N[C@H](C)C(N)=O. The minimum absolute atomic E-state index is 0.0521. The number of unbranched alkanes of at least 4 members (excludes halogenated alkanes) is 1. The number of rotatable bonds is 40. The van der Waals surface area contributed by atoms with Crippen molar-refractivity contribution in [2.75, 3.05) is 26.7 Å². The minimum Gasteiger partial charge on any atom is -0.508 e. The molecule has 6 rings (SSSR count). The minimum atomic E-state index is -1.79. The maximum atomic E-state index is 15.0. The van der Waals surface area contributed by atoms with Gasteiger partial charge in [0.1, 0.15) is 42.0 Å². The number of aliphatic hydroxyl groups is 1. The molecular weight excluding hydrogens is 1320 g/mol. The number of likely N-dealkylation sites (tertiary alicyclic amines) is 1. The van der Waals surface area contributed by atoms with Gasteiger partial charge in [0.15, 0.2) is 11.6 Å². The maximum Gasteiger partial charge on any atom is 0.247 e. The smallest absolute Gasteiger partial charge is 0.247 e. The summed E-state index contributed by atoms with van der Waals surface area (Å²) in [5.74, 6) is -12.0. The predicted molar refractivity (Wildman–Crippen MR) is 380 cm³/mol. The molecule has 13 N–H and O–H groups in total. The summed E-state index contributed by atoms with van der Waals surface area (Å²) >= 11 is 6.24. The first-order valence-electron chi connectivity index (χ1n) is 34.2. The molecule has 0 bridgehead atoms. The number of hydrogen-bond donors (Lipinski definition) is 11. The average Bonchev–Trinajstić information content (AvgIpc) is 1.71. The van der Waals surface area contributed by atoms with Crippen molar-refractivity contribution in [2.24, 2.45) is 29.2 Å². The molecule has 1 aliphatic rings. The van der Waals surface area contributed by atoms with Crippen LogP contribution >= 0.6 is 11.6 Å². The third-order valence-electron chi connectivity index (χ3n) is 17.7. The summed E-state index contributed by atoms with van der Waals surface area (Å²) in [6.45, 7) is 10.0. The largest absolute Gasteiger partial charge is 0.508 e. The lowest BCUT2D eigenvalue weighted by atomic mass is 9.88. The van der Waals surface area contributed by atoms with Crippen molar-refractivity contribution in [3.63, 3.8) is 0 Å². The zero-order chi connectivity index (χ0) is 74.0. The van der Waals surface area contributed by atoms with Gasteiger partial charge in [-0.05, 0) is 134 Å². The summed E-state index contributed by atoms with van der Waals surface area (Å²) in [6, 6.07) is 18.2. The lowest BCUT2D eigenvalue weighted by molar-refractivity contribution is -0.144. The van der Waals surface area contributed by atoms with Crippen molar-refractivity contribution < 1.29 is 67.7 Å². The molecule has 4 aromatic carbocycles. The molecule has 0 spiro atoms. The molecule has 0 unspecified atom stereocenters. The number of primary amides is 2. The van der Waals surface area contributed by atoms with Gasteiger partial charge in [0.2, 0.25) is 59.1 Å². The highest BCUT2D eigenvalue weighted by Gasteiger charge is 2.41. The number of nitrogens with two attached hydrogens (primary N) is 2. The van der Waals surface area contributed by atoms with Crippen LogP contribution in [-0.4, -0.2) is 177 Å². The second-order valence-corrected chi connectivity index (χ2v) is 27.2. The number of aliphatic hydroxyl groups excluding tert-OH is 1. The Morgan fingerprint density at radius 1 is 0.624 bits per heavy atom. The number of amides is 10. The number of Topliss-reactive ketones (excluding diaryl/α,β-unsaturated/α-hetero) is 2.